The highest BCUT2D eigenvalue weighted by molar-refractivity contribution is 6.12. The number of aliphatic carboxylic acids is 1. The van der Waals surface area contributed by atoms with Crippen molar-refractivity contribution in [2.45, 2.75) is 122 Å². The van der Waals surface area contributed by atoms with E-state index in [0.717, 1.165) is 31.5 Å². The first-order chi connectivity index (χ1) is 23.6. The van der Waals surface area contributed by atoms with Gasteiger partial charge >= 0.3 is 11.9 Å². The molecular formula is C40H56N2O7. The van der Waals surface area contributed by atoms with E-state index in [4.69, 9.17) is 5.11 Å². The zero-order valence-electron chi connectivity index (χ0n) is 29.5. The van der Waals surface area contributed by atoms with Crippen LogP contribution in [0.5, 0.6) is 0 Å². The molecule has 1 amide bonds. The molecule has 0 heterocycles. The van der Waals surface area contributed by atoms with E-state index in [-0.39, 0.29) is 23.3 Å². The van der Waals surface area contributed by atoms with E-state index in [0.29, 0.717) is 16.9 Å². The number of allylic oxidation sites excluding steroid dienone is 1. The lowest BCUT2D eigenvalue weighted by atomic mass is 10.0. The summed E-state index contributed by atoms with van der Waals surface area (Å²) in [5, 5.41) is 20.9. The molecule has 0 aromatic heterocycles. The van der Waals surface area contributed by atoms with Crippen molar-refractivity contribution in [3.63, 3.8) is 0 Å². The van der Waals surface area contributed by atoms with E-state index >= 15 is 0 Å². The van der Waals surface area contributed by atoms with Gasteiger partial charge in [-0.15, -0.1) is 0 Å². The number of Topliss-reactive ketones (excluding diaryl/α,β-unsaturated/α-hetero) is 1. The Labute approximate surface area is 292 Å². The number of rotatable bonds is 27. The molecule has 2 aromatic carbocycles. The first-order valence-corrected chi connectivity index (χ1v) is 18.0. The Morgan fingerprint density at radius 3 is 1.69 bits per heavy atom. The highest BCUT2D eigenvalue weighted by Crippen LogP contribution is 2.28. The maximum absolute atomic E-state index is 12.9. The summed E-state index contributed by atoms with van der Waals surface area (Å²) in [4.78, 5) is 61.8. The molecule has 0 bridgehead atoms. The molecule has 0 atom stereocenters. The van der Waals surface area contributed by atoms with Gasteiger partial charge in [0, 0.05) is 31.7 Å². The van der Waals surface area contributed by atoms with Crippen molar-refractivity contribution >= 4 is 40.8 Å². The topological polar surface area (TPSA) is 141 Å². The molecule has 2 aromatic rings. The molecule has 0 unspecified atom stereocenters. The Hall–Kier alpha value is -4.27. The summed E-state index contributed by atoms with van der Waals surface area (Å²) in [6.07, 6.45) is 22.0. The quantitative estimate of drug-likeness (QED) is 0.0368. The van der Waals surface area contributed by atoms with Gasteiger partial charge in [-0.3, -0.25) is 14.4 Å². The number of hydrogen-bond donors (Lipinski definition) is 3. The molecule has 0 aliphatic rings. The fraction of sp³-hybridized carbons (Fsp3) is 0.525. The SMILES string of the molecule is CCCCCCCCCCCCCCCCCCN(C)c1ccc(C(=O)O)cc1NC(=O)CC(=O)c1ccc(CC(=O)C=CC(=O)O)cc1. The van der Waals surface area contributed by atoms with Gasteiger partial charge in [-0.25, -0.2) is 9.59 Å². The number of carboxylic acids is 2. The van der Waals surface area contributed by atoms with Gasteiger partial charge in [0.1, 0.15) is 0 Å². The molecule has 0 fully saturated rings. The van der Waals surface area contributed by atoms with Crippen molar-refractivity contribution in [1.29, 1.82) is 0 Å². The van der Waals surface area contributed by atoms with E-state index in [1.165, 1.54) is 114 Å². The van der Waals surface area contributed by atoms with E-state index in [1.807, 2.05) is 11.9 Å². The van der Waals surface area contributed by atoms with Crippen molar-refractivity contribution in [3.8, 4) is 0 Å². The average Bonchev–Trinajstić information content (AvgIpc) is 3.07. The lowest BCUT2D eigenvalue weighted by Crippen LogP contribution is -2.23. The molecule has 3 N–H and O–H groups in total. The number of hydrogen-bond acceptors (Lipinski definition) is 6. The smallest absolute Gasteiger partial charge is 0.335 e. The number of nitrogens with one attached hydrogen (secondary N) is 1. The lowest BCUT2D eigenvalue weighted by Gasteiger charge is -2.23. The van der Waals surface area contributed by atoms with E-state index < -0.39 is 30.0 Å². The molecule has 0 spiro atoms. The van der Waals surface area contributed by atoms with Crippen molar-refractivity contribution < 1.29 is 34.2 Å². The zero-order chi connectivity index (χ0) is 35.9. The molecule has 0 aliphatic heterocycles. The molecule has 9 heteroatoms. The number of carbonyl (C=O) groups excluding carboxylic acids is 3. The molecule has 49 heavy (non-hydrogen) atoms. The van der Waals surface area contributed by atoms with Crippen molar-refractivity contribution in [1.82, 2.24) is 0 Å². The summed E-state index contributed by atoms with van der Waals surface area (Å²) in [6.45, 7) is 3.00. The van der Waals surface area contributed by atoms with E-state index in [2.05, 4.69) is 12.2 Å². The summed E-state index contributed by atoms with van der Waals surface area (Å²) in [5.41, 5.74) is 1.93. The normalized spacial score (nSPS) is 11.1. The molecule has 0 saturated heterocycles. The highest BCUT2D eigenvalue weighted by atomic mass is 16.4. The van der Waals surface area contributed by atoms with Crippen molar-refractivity contribution in [3.05, 3.63) is 71.3 Å². The molecule has 0 aliphatic carbocycles. The molecule has 9 nitrogen and oxygen atoms in total. The molecule has 0 saturated carbocycles. The van der Waals surface area contributed by atoms with Crippen LogP contribution in [0.25, 0.3) is 0 Å². The summed E-state index contributed by atoms with van der Waals surface area (Å²) < 4.78 is 0. The molecular weight excluding hydrogens is 620 g/mol. The minimum Gasteiger partial charge on any atom is -0.478 e. The van der Waals surface area contributed by atoms with Gasteiger partial charge in [-0.05, 0) is 36.3 Å². The summed E-state index contributed by atoms with van der Waals surface area (Å²) in [6, 6.07) is 10.8. The number of unbranched alkanes of at least 4 members (excludes halogenated alkanes) is 15. The predicted octanol–water partition coefficient (Wildman–Crippen LogP) is 9.05. The maximum Gasteiger partial charge on any atom is 0.335 e. The van der Waals surface area contributed by atoms with Crippen LogP contribution in [0.4, 0.5) is 11.4 Å². The first-order valence-electron chi connectivity index (χ1n) is 18.0. The standard InChI is InChI=1S/C40H56N2O7/c1-3-4-5-6-7-8-9-10-11-12-13-14-15-16-17-18-27-42(2)36-25-23-33(40(48)49)29-35(36)41-38(45)30-37(44)32-21-19-31(20-22-32)28-34(43)24-26-39(46)47/h19-26,29H,3-18,27-28,30H2,1-2H3,(H,41,45)(H,46,47)(H,48,49). The predicted molar refractivity (Wildman–Crippen MR) is 196 cm³/mol. The van der Waals surface area contributed by atoms with Crippen LogP contribution in [0.15, 0.2) is 54.6 Å². The number of aromatic carboxylic acids is 1. The number of anilines is 2. The van der Waals surface area contributed by atoms with Crippen LogP contribution in [0, 0.1) is 0 Å². The maximum atomic E-state index is 12.9. The van der Waals surface area contributed by atoms with Gasteiger partial charge in [-0.1, -0.05) is 128 Å². The lowest BCUT2D eigenvalue weighted by molar-refractivity contribution is -0.131. The van der Waals surface area contributed by atoms with Crippen molar-refractivity contribution in [2.24, 2.45) is 0 Å². The number of nitrogens with zero attached hydrogens (tertiary/aromatic N) is 1. The first kappa shape index (κ1) is 40.9. The van der Waals surface area contributed by atoms with Crippen LogP contribution in [-0.2, 0) is 20.8 Å². The summed E-state index contributed by atoms with van der Waals surface area (Å²) in [7, 11) is 1.91. The van der Waals surface area contributed by atoms with Crippen LogP contribution in [-0.4, -0.2) is 53.2 Å². The average molecular weight is 677 g/mol. The number of carbonyl (C=O) groups is 5. The third kappa shape index (κ3) is 17.6. The monoisotopic (exact) mass is 676 g/mol. The Balaban J connectivity index is 1.76. The number of carboxylic acid groups (broad SMARTS) is 2. The molecule has 2 rings (SSSR count). The minimum atomic E-state index is -1.21. The van der Waals surface area contributed by atoms with Gasteiger partial charge in [0.2, 0.25) is 5.91 Å². The number of benzene rings is 2. The third-order valence-corrected chi connectivity index (χ3v) is 8.66. The molecule has 0 radical (unpaired) electrons. The van der Waals surface area contributed by atoms with Crippen LogP contribution in [0.2, 0.25) is 0 Å². The van der Waals surface area contributed by atoms with E-state index in [1.54, 1.807) is 18.2 Å². The number of ketones is 2. The fourth-order valence-electron chi connectivity index (χ4n) is 5.79. The Bertz CT molecular complexity index is 1370. The van der Waals surface area contributed by atoms with Crippen molar-refractivity contribution in [2.75, 3.05) is 23.8 Å². The van der Waals surface area contributed by atoms with Gasteiger partial charge in [0.15, 0.2) is 11.6 Å². The number of amides is 1. The van der Waals surface area contributed by atoms with Gasteiger partial charge < -0.3 is 20.4 Å². The van der Waals surface area contributed by atoms with E-state index in [9.17, 15) is 29.1 Å². The fourth-order valence-corrected chi connectivity index (χ4v) is 5.79. The van der Waals surface area contributed by atoms with Gasteiger partial charge in [-0.2, -0.15) is 0 Å². The second kappa shape index (κ2) is 24.0. The zero-order valence-corrected chi connectivity index (χ0v) is 29.5. The largest absolute Gasteiger partial charge is 0.478 e. The van der Waals surface area contributed by atoms with Crippen LogP contribution >= 0.6 is 0 Å². The second-order valence-corrected chi connectivity index (χ2v) is 12.9. The minimum absolute atomic E-state index is 0.0195. The van der Waals surface area contributed by atoms with Crippen LogP contribution in [0.3, 0.4) is 0 Å². The third-order valence-electron chi connectivity index (χ3n) is 8.66. The van der Waals surface area contributed by atoms with Gasteiger partial charge in [0.25, 0.3) is 0 Å². The highest BCUT2D eigenvalue weighted by Gasteiger charge is 2.17. The Morgan fingerprint density at radius 2 is 1.18 bits per heavy atom. The summed E-state index contributed by atoms with van der Waals surface area (Å²) >= 11 is 0. The van der Waals surface area contributed by atoms with Crippen LogP contribution < -0.4 is 10.2 Å². The Morgan fingerprint density at radius 1 is 0.673 bits per heavy atom. The Kier molecular flexibility index (Phi) is 20.0. The second-order valence-electron chi connectivity index (χ2n) is 12.9. The van der Waals surface area contributed by atoms with Gasteiger partial charge in [0.05, 0.1) is 23.4 Å². The summed E-state index contributed by atoms with van der Waals surface area (Å²) in [5.74, 6) is -3.71. The molecule has 268 valence electrons. The van der Waals surface area contributed by atoms with Crippen LogP contribution in [0.1, 0.15) is 142 Å².